The first-order valence-corrected chi connectivity index (χ1v) is 11.8. The van der Waals surface area contributed by atoms with Crippen molar-refractivity contribution in [3.63, 3.8) is 0 Å². The van der Waals surface area contributed by atoms with Crippen molar-refractivity contribution in [2.75, 3.05) is 24.9 Å². The Morgan fingerprint density at radius 2 is 1.48 bits per heavy atom. The number of hydrogen-bond acceptors (Lipinski definition) is 4. The fourth-order valence-electron chi connectivity index (χ4n) is 6.55. The molecule has 2 amide bonds. The monoisotopic (exact) mass is 468 g/mol. The van der Waals surface area contributed by atoms with E-state index in [0.29, 0.717) is 40.3 Å². The van der Waals surface area contributed by atoms with Crippen molar-refractivity contribution < 1.29 is 19.1 Å². The van der Waals surface area contributed by atoms with Gasteiger partial charge in [0.2, 0.25) is 5.91 Å². The number of rotatable bonds is 6. The Kier molecular flexibility index (Phi) is 5.52. The Bertz CT molecular complexity index is 1070. The molecule has 6 rings (SSSR count). The van der Waals surface area contributed by atoms with Gasteiger partial charge >= 0.3 is 0 Å². The zero-order valence-corrected chi connectivity index (χ0v) is 19.7. The van der Waals surface area contributed by atoms with Crippen LogP contribution in [-0.2, 0) is 4.79 Å². The number of carbonyl (C=O) groups excluding carboxylic acids is 2. The molecule has 2 atom stereocenters. The molecule has 4 bridgehead atoms. The lowest BCUT2D eigenvalue weighted by Crippen LogP contribution is -2.57. The number of benzene rings is 2. The van der Waals surface area contributed by atoms with Crippen LogP contribution in [0.15, 0.2) is 42.5 Å². The minimum Gasteiger partial charge on any atom is -0.494 e. The molecule has 174 valence electrons. The van der Waals surface area contributed by atoms with Gasteiger partial charge in [-0.2, -0.15) is 0 Å². The summed E-state index contributed by atoms with van der Waals surface area (Å²) in [4.78, 5) is 26.0. The molecule has 4 saturated carbocycles. The normalized spacial score (nSPS) is 29.4. The molecule has 2 aromatic rings. The van der Waals surface area contributed by atoms with Crippen molar-refractivity contribution in [2.24, 2.45) is 17.3 Å². The topological polar surface area (TPSA) is 76.7 Å². The minimum atomic E-state index is -0.426. The fourth-order valence-corrected chi connectivity index (χ4v) is 7.24. The predicted octanol–water partition coefficient (Wildman–Crippen LogP) is 5.47. The lowest BCUT2D eigenvalue weighted by molar-refractivity contribution is -0.138. The Hall–Kier alpha value is -2.73. The highest BCUT2D eigenvalue weighted by Crippen LogP contribution is 2.64. The summed E-state index contributed by atoms with van der Waals surface area (Å²) in [6.45, 7) is 0. The van der Waals surface area contributed by atoms with Crippen LogP contribution in [0.4, 0.5) is 11.4 Å². The summed E-state index contributed by atoms with van der Waals surface area (Å²) in [5.41, 5.74) is 1.10. The van der Waals surface area contributed by atoms with Gasteiger partial charge in [-0.15, -0.1) is 11.6 Å². The molecule has 0 aromatic heterocycles. The number of hydrogen-bond donors (Lipinski definition) is 2. The predicted molar refractivity (Wildman–Crippen MR) is 128 cm³/mol. The molecule has 0 heterocycles. The number of halogens is 1. The summed E-state index contributed by atoms with van der Waals surface area (Å²) in [7, 11) is 3.07. The number of ether oxygens (including phenoxy) is 2. The highest BCUT2D eigenvalue weighted by molar-refractivity contribution is 6.24. The zero-order chi connectivity index (χ0) is 23.2. The van der Waals surface area contributed by atoms with Crippen molar-refractivity contribution in [1.82, 2.24) is 0 Å². The molecule has 2 aromatic carbocycles. The maximum absolute atomic E-state index is 13.6. The van der Waals surface area contributed by atoms with Crippen LogP contribution in [0.3, 0.4) is 0 Å². The maximum Gasteiger partial charge on any atom is 0.255 e. The van der Waals surface area contributed by atoms with Crippen LogP contribution < -0.4 is 20.1 Å². The molecular formula is C26H29ClN2O4. The van der Waals surface area contributed by atoms with E-state index in [4.69, 9.17) is 21.1 Å². The smallest absolute Gasteiger partial charge is 0.255 e. The molecule has 4 aliphatic rings. The first-order chi connectivity index (χ1) is 15.8. The number of alkyl halides is 1. The average molecular weight is 469 g/mol. The van der Waals surface area contributed by atoms with Gasteiger partial charge < -0.3 is 20.1 Å². The van der Waals surface area contributed by atoms with Gasteiger partial charge in [0.05, 0.1) is 31.0 Å². The summed E-state index contributed by atoms with van der Waals surface area (Å²) in [5, 5.41) is 5.98. The molecule has 0 saturated heterocycles. The lowest BCUT2D eigenvalue weighted by Gasteiger charge is -2.59. The Morgan fingerprint density at radius 3 is 2.03 bits per heavy atom. The van der Waals surface area contributed by atoms with Crippen LogP contribution in [-0.4, -0.2) is 30.9 Å². The van der Waals surface area contributed by atoms with Gasteiger partial charge in [0.15, 0.2) is 0 Å². The first kappa shape index (κ1) is 22.1. The quantitative estimate of drug-likeness (QED) is 0.551. The summed E-state index contributed by atoms with van der Waals surface area (Å²) >= 11 is 6.93. The van der Waals surface area contributed by atoms with Gasteiger partial charge in [0.1, 0.15) is 11.5 Å². The van der Waals surface area contributed by atoms with E-state index in [-0.39, 0.29) is 16.7 Å². The van der Waals surface area contributed by atoms with Gasteiger partial charge in [-0.25, -0.2) is 0 Å². The van der Waals surface area contributed by atoms with E-state index in [1.807, 2.05) is 6.07 Å². The standard InChI is InChI=1S/C26H29ClN2O4/c1-32-21-10-20(22(33-2)9-19(21)28-23(30)18-6-4-3-5-7-18)29-24(31)25-11-16-8-17(12-25)14-26(27,13-16)15-25/h3-7,9-10,16-17H,8,11-15H2,1-2H3,(H,28,30)(H,29,31). The molecule has 4 fully saturated rings. The molecule has 0 radical (unpaired) electrons. The maximum atomic E-state index is 13.6. The van der Waals surface area contributed by atoms with E-state index in [1.165, 1.54) is 13.5 Å². The zero-order valence-electron chi connectivity index (χ0n) is 18.9. The van der Waals surface area contributed by atoms with Crippen molar-refractivity contribution >= 4 is 34.8 Å². The highest BCUT2D eigenvalue weighted by atomic mass is 35.5. The lowest BCUT2D eigenvalue weighted by atomic mass is 9.49. The number of amides is 2. The van der Waals surface area contributed by atoms with Gasteiger partial charge in [-0.1, -0.05) is 18.2 Å². The molecule has 0 spiro atoms. The molecule has 33 heavy (non-hydrogen) atoms. The van der Waals surface area contributed by atoms with Crippen LogP contribution in [0.2, 0.25) is 0 Å². The second-order valence-electron chi connectivity index (χ2n) is 9.92. The molecule has 2 unspecified atom stereocenters. The first-order valence-electron chi connectivity index (χ1n) is 11.5. The third kappa shape index (κ3) is 4.05. The van der Waals surface area contributed by atoms with Crippen molar-refractivity contribution in [1.29, 1.82) is 0 Å². The summed E-state index contributed by atoms with van der Waals surface area (Å²) in [6.07, 6.45) is 5.75. The Balaban J connectivity index is 1.40. The van der Waals surface area contributed by atoms with Crippen molar-refractivity contribution in [3.8, 4) is 11.5 Å². The van der Waals surface area contributed by atoms with Crippen molar-refractivity contribution in [2.45, 2.75) is 43.4 Å². The number of nitrogens with one attached hydrogen (secondary N) is 2. The molecule has 0 aliphatic heterocycles. The highest BCUT2D eigenvalue weighted by Gasteiger charge is 2.60. The van der Waals surface area contributed by atoms with E-state index >= 15 is 0 Å². The van der Waals surface area contributed by atoms with Crippen LogP contribution in [0, 0.1) is 17.3 Å². The van der Waals surface area contributed by atoms with Crippen molar-refractivity contribution in [3.05, 3.63) is 48.0 Å². The van der Waals surface area contributed by atoms with E-state index in [2.05, 4.69) is 10.6 Å². The third-order valence-corrected chi connectivity index (χ3v) is 7.97. The number of anilines is 2. The van der Waals surface area contributed by atoms with E-state index < -0.39 is 5.41 Å². The van der Waals surface area contributed by atoms with Crippen LogP contribution >= 0.6 is 11.6 Å². The van der Waals surface area contributed by atoms with Gasteiger partial charge in [-0.3, -0.25) is 9.59 Å². The van der Waals surface area contributed by atoms with E-state index in [1.54, 1.807) is 43.5 Å². The minimum absolute atomic E-state index is 0.00282. The van der Waals surface area contributed by atoms with E-state index in [9.17, 15) is 9.59 Å². The summed E-state index contributed by atoms with van der Waals surface area (Å²) in [5.74, 6) is 1.70. The second-order valence-corrected chi connectivity index (χ2v) is 10.7. The second kappa shape index (κ2) is 8.24. The summed E-state index contributed by atoms with van der Waals surface area (Å²) in [6, 6.07) is 12.3. The average Bonchev–Trinajstić information content (AvgIpc) is 2.78. The molecular weight excluding hydrogens is 440 g/mol. The van der Waals surface area contributed by atoms with Crippen LogP contribution in [0.1, 0.15) is 48.9 Å². The third-order valence-electron chi connectivity index (χ3n) is 7.53. The molecule has 7 heteroatoms. The van der Waals surface area contributed by atoms with Gasteiger partial charge in [0, 0.05) is 22.6 Å². The Morgan fingerprint density at radius 1 is 0.909 bits per heavy atom. The molecule has 4 aliphatic carbocycles. The number of carbonyl (C=O) groups is 2. The molecule has 6 nitrogen and oxygen atoms in total. The SMILES string of the molecule is COc1cc(NC(=O)C23CC4CC(CC(Cl)(C4)C2)C3)c(OC)cc1NC(=O)c1ccccc1. The van der Waals surface area contributed by atoms with Gasteiger partial charge in [-0.05, 0) is 62.5 Å². The largest absolute Gasteiger partial charge is 0.494 e. The molecule has 2 N–H and O–H groups in total. The number of methoxy groups -OCH3 is 2. The van der Waals surface area contributed by atoms with E-state index in [0.717, 1.165) is 32.1 Å². The van der Waals surface area contributed by atoms with Crippen LogP contribution in [0.25, 0.3) is 0 Å². The van der Waals surface area contributed by atoms with Gasteiger partial charge in [0.25, 0.3) is 5.91 Å². The van der Waals surface area contributed by atoms with Crippen LogP contribution in [0.5, 0.6) is 11.5 Å². The fraction of sp³-hybridized carbons (Fsp3) is 0.462. The Labute approximate surface area is 199 Å². The summed E-state index contributed by atoms with van der Waals surface area (Å²) < 4.78 is 11.1.